The van der Waals surface area contributed by atoms with E-state index in [1.165, 1.54) is 38.5 Å². The van der Waals surface area contributed by atoms with E-state index in [1.807, 2.05) is 42.5 Å². The predicted molar refractivity (Wildman–Crippen MR) is 96.8 cm³/mol. The third kappa shape index (κ3) is 6.05. The molecule has 2 nitrogen and oxygen atoms in total. The summed E-state index contributed by atoms with van der Waals surface area (Å²) in [6.07, 6.45) is 10.0. The van der Waals surface area contributed by atoms with E-state index < -0.39 is 0 Å². The molecule has 0 unspecified atom stereocenters. The summed E-state index contributed by atoms with van der Waals surface area (Å²) in [6, 6.07) is 13.8. The van der Waals surface area contributed by atoms with Crippen molar-refractivity contribution < 1.29 is 9.53 Å². The molecule has 0 aliphatic heterocycles. The Hall–Kier alpha value is -1.83. The van der Waals surface area contributed by atoms with Crippen LogP contribution < -0.4 is 0 Å². The normalized spacial score (nSPS) is 10.8. The van der Waals surface area contributed by atoms with Crippen molar-refractivity contribution in [2.45, 2.75) is 58.3 Å². The van der Waals surface area contributed by atoms with Crippen LogP contribution in [0.15, 0.2) is 42.5 Å². The van der Waals surface area contributed by atoms with Gasteiger partial charge in [-0.05, 0) is 29.3 Å². The summed E-state index contributed by atoms with van der Waals surface area (Å²) >= 11 is 0. The molecule has 0 aliphatic rings. The second-order valence-electron chi connectivity index (χ2n) is 6.17. The number of ether oxygens (including phenoxy) is 1. The molecule has 0 bridgehead atoms. The van der Waals surface area contributed by atoms with Gasteiger partial charge in [0.05, 0.1) is 12.2 Å². The second-order valence-corrected chi connectivity index (χ2v) is 6.17. The zero-order valence-electron chi connectivity index (χ0n) is 14.2. The number of fused-ring (bicyclic) bond motifs is 1. The van der Waals surface area contributed by atoms with Crippen molar-refractivity contribution in [1.82, 2.24) is 0 Å². The molecule has 2 heteroatoms. The Morgan fingerprint density at radius 1 is 0.826 bits per heavy atom. The van der Waals surface area contributed by atoms with Crippen LogP contribution in [-0.2, 0) is 4.74 Å². The van der Waals surface area contributed by atoms with Crippen LogP contribution in [0.1, 0.15) is 68.6 Å². The Morgan fingerprint density at radius 2 is 1.48 bits per heavy atom. The summed E-state index contributed by atoms with van der Waals surface area (Å²) in [5.41, 5.74) is 0.642. The van der Waals surface area contributed by atoms with Gasteiger partial charge in [0.2, 0.25) is 0 Å². The molecule has 23 heavy (non-hydrogen) atoms. The molecule has 124 valence electrons. The molecule has 0 spiro atoms. The summed E-state index contributed by atoms with van der Waals surface area (Å²) in [4.78, 5) is 12.1. The van der Waals surface area contributed by atoms with Gasteiger partial charge in [0.25, 0.3) is 0 Å². The maximum Gasteiger partial charge on any atom is 0.338 e. The minimum absolute atomic E-state index is 0.210. The number of hydrogen-bond acceptors (Lipinski definition) is 2. The highest BCUT2D eigenvalue weighted by molar-refractivity contribution is 5.95. The van der Waals surface area contributed by atoms with Gasteiger partial charge in [-0.15, -0.1) is 0 Å². The van der Waals surface area contributed by atoms with Crippen LogP contribution in [0, 0.1) is 0 Å². The number of rotatable bonds is 10. The van der Waals surface area contributed by atoms with Crippen molar-refractivity contribution in [2.24, 2.45) is 0 Å². The average Bonchev–Trinajstić information content (AvgIpc) is 2.59. The highest BCUT2D eigenvalue weighted by Gasteiger charge is 2.07. The van der Waals surface area contributed by atoms with Crippen LogP contribution in [-0.4, -0.2) is 12.6 Å². The Bertz CT molecular complexity index is 604. The monoisotopic (exact) mass is 312 g/mol. The third-order valence-corrected chi connectivity index (χ3v) is 4.22. The van der Waals surface area contributed by atoms with Gasteiger partial charge in [0.1, 0.15) is 0 Å². The van der Waals surface area contributed by atoms with Gasteiger partial charge in [0.15, 0.2) is 0 Å². The first-order chi connectivity index (χ1) is 11.3. The Kier molecular flexibility index (Phi) is 7.65. The number of esters is 1. The molecule has 0 fully saturated rings. The molecular formula is C21H28O2. The van der Waals surface area contributed by atoms with E-state index in [0.29, 0.717) is 12.2 Å². The Balaban J connectivity index is 1.64. The van der Waals surface area contributed by atoms with Crippen LogP contribution in [0.5, 0.6) is 0 Å². The summed E-state index contributed by atoms with van der Waals surface area (Å²) in [5, 5.41) is 2.22. The van der Waals surface area contributed by atoms with Gasteiger partial charge < -0.3 is 4.74 Å². The molecule has 0 saturated heterocycles. The van der Waals surface area contributed by atoms with Crippen LogP contribution in [0.3, 0.4) is 0 Å². The molecule has 0 N–H and O–H groups in total. The van der Waals surface area contributed by atoms with Crippen molar-refractivity contribution >= 4 is 16.7 Å². The molecule has 0 heterocycles. The van der Waals surface area contributed by atoms with Crippen molar-refractivity contribution in [3.63, 3.8) is 0 Å². The van der Waals surface area contributed by atoms with E-state index in [-0.39, 0.29) is 5.97 Å². The van der Waals surface area contributed by atoms with Crippen LogP contribution in [0.25, 0.3) is 10.8 Å². The lowest BCUT2D eigenvalue weighted by Gasteiger charge is -2.06. The minimum Gasteiger partial charge on any atom is -0.462 e. The van der Waals surface area contributed by atoms with Gasteiger partial charge in [-0.25, -0.2) is 4.79 Å². The lowest BCUT2D eigenvalue weighted by atomic mass is 10.1. The lowest BCUT2D eigenvalue weighted by Crippen LogP contribution is -2.06. The first-order valence-corrected chi connectivity index (χ1v) is 8.97. The van der Waals surface area contributed by atoms with Gasteiger partial charge in [-0.2, -0.15) is 0 Å². The largest absolute Gasteiger partial charge is 0.462 e. The molecule has 2 aromatic rings. The van der Waals surface area contributed by atoms with Crippen molar-refractivity contribution in [1.29, 1.82) is 0 Å². The van der Waals surface area contributed by atoms with E-state index in [0.717, 1.165) is 23.6 Å². The fraction of sp³-hybridized carbons (Fsp3) is 0.476. The highest BCUT2D eigenvalue weighted by atomic mass is 16.5. The quantitative estimate of drug-likeness (QED) is 0.389. The number of carbonyl (C=O) groups is 1. The Labute approximate surface area is 139 Å². The maximum atomic E-state index is 12.1. The molecule has 0 amide bonds. The minimum atomic E-state index is -0.210. The molecule has 0 atom stereocenters. The first-order valence-electron chi connectivity index (χ1n) is 8.97. The molecule has 0 aromatic heterocycles. The average molecular weight is 312 g/mol. The first kappa shape index (κ1) is 17.5. The summed E-state index contributed by atoms with van der Waals surface area (Å²) < 4.78 is 5.38. The third-order valence-electron chi connectivity index (χ3n) is 4.22. The topological polar surface area (TPSA) is 26.3 Å². The van der Waals surface area contributed by atoms with E-state index in [2.05, 4.69) is 6.92 Å². The van der Waals surface area contributed by atoms with Gasteiger partial charge in [0, 0.05) is 0 Å². The second kappa shape index (κ2) is 10.0. The van der Waals surface area contributed by atoms with Gasteiger partial charge >= 0.3 is 5.97 Å². The highest BCUT2D eigenvalue weighted by Crippen LogP contribution is 2.16. The molecule has 2 aromatic carbocycles. The molecule has 0 aliphatic carbocycles. The zero-order chi connectivity index (χ0) is 16.3. The van der Waals surface area contributed by atoms with Gasteiger partial charge in [-0.1, -0.05) is 82.2 Å². The number of hydrogen-bond donors (Lipinski definition) is 0. The molecular weight excluding hydrogens is 284 g/mol. The van der Waals surface area contributed by atoms with Gasteiger partial charge in [-0.3, -0.25) is 0 Å². The fourth-order valence-electron chi connectivity index (χ4n) is 2.80. The molecule has 0 saturated carbocycles. The molecule has 0 radical (unpaired) electrons. The number of benzene rings is 2. The van der Waals surface area contributed by atoms with E-state index in [1.54, 1.807) is 0 Å². The number of unbranched alkanes of at least 4 members (excludes halogenated alkanes) is 7. The van der Waals surface area contributed by atoms with E-state index in [9.17, 15) is 4.79 Å². The molecule has 2 rings (SSSR count). The van der Waals surface area contributed by atoms with E-state index in [4.69, 9.17) is 4.74 Å². The van der Waals surface area contributed by atoms with Crippen LogP contribution >= 0.6 is 0 Å². The zero-order valence-corrected chi connectivity index (χ0v) is 14.2. The van der Waals surface area contributed by atoms with Crippen molar-refractivity contribution in [2.75, 3.05) is 6.61 Å². The lowest BCUT2D eigenvalue weighted by molar-refractivity contribution is 0.0498. The van der Waals surface area contributed by atoms with E-state index >= 15 is 0 Å². The predicted octanol–water partition coefficient (Wildman–Crippen LogP) is 6.14. The van der Waals surface area contributed by atoms with Crippen molar-refractivity contribution in [3.05, 3.63) is 48.0 Å². The fourth-order valence-corrected chi connectivity index (χ4v) is 2.80. The summed E-state index contributed by atoms with van der Waals surface area (Å²) in [6.45, 7) is 2.77. The van der Waals surface area contributed by atoms with Crippen LogP contribution in [0.2, 0.25) is 0 Å². The Morgan fingerprint density at radius 3 is 2.22 bits per heavy atom. The van der Waals surface area contributed by atoms with Crippen LogP contribution in [0.4, 0.5) is 0 Å². The maximum absolute atomic E-state index is 12.1. The summed E-state index contributed by atoms with van der Waals surface area (Å²) in [5.74, 6) is -0.210. The number of carbonyl (C=O) groups excluding carboxylic acids is 1. The smallest absolute Gasteiger partial charge is 0.338 e. The standard InChI is InChI=1S/C21H28O2/c1-2-3-4-5-6-7-8-11-16-23-21(22)20-15-14-18-12-9-10-13-19(18)17-20/h9-10,12-15,17H,2-8,11,16H2,1H3. The summed E-state index contributed by atoms with van der Waals surface area (Å²) in [7, 11) is 0. The van der Waals surface area contributed by atoms with Crippen molar-refractivity contribution in [3.8, 4) is 0 Å². The SMILES string of the molecule is CCCCCCCCCCOC(=O)c1ccc2ccccc2c1.